The number of anilines is 1. The molecular weight excluding hydrogens is 256 g/mol. The van der Waals surface area contributed by atoms with Crippen LogP contribution in [0.15, 0.2) is 24.3 Å². The first-order valence-electron chi connectivity index (χ1n) is 6.93. The molecule has 1 atom stereocenters. The van der Waals surface area contributed by atoms with Crippen LogP contribution >= 0.6 is 0 Å². The van der Waals surface area contributed by atoms with Crippen molar-refractivity contribution in [1.82, 2.24) is 4.90 Å². The summed E-state index contributed by atoms with van der Waals surface area (Å²) in [6, 6.07) is 7.68. The molecule has 110 valence electrons. The van der Waals surface area contributed by atoms with Gasteiger partial charge in [-0.2, -0.15) is 0 Å². The monoisotopic (exact) mass is 278 g/mol. The van der Waals surface area contributed by atoms with Crippen molar-refractivity contribution in [3.63, 3.8) is 0 Å². The Balaban J connectivity index is 2.10. The van der Waals surface area contributed by atoms with Crippen LogP contribution in [0, 0.1) is 0 Å². The van der Waals surface area contributed by atoms with E-state index in [4.69, 9.17) is 15.2 Å². The maximum Gasteiger partial charge on any atom is 0.254 e. The summed E-state index contributed by atoms with van der Waals surface area (Å²) in [5.74, 6) is -0.0389. The normalized spacial score (nSPS) is 19.1. The molecule has 1 aliphatic rings. The molecule has 1 heterocycles. The van der Waals surface area contributed by atoms with E-state index in [1.165, 1.54) is 0 Å². The van der Waals surface area contributed by atoms with Crippen molar-refractivity contribution in [3.05, 3.63) is 29.8 Å². The molecule has 1 unspecified atom stereocenters. The lowest BCUT2D eigenvalue weighted by molar-refractivity contribution is -0.160. The molecule has 0 aliphatic carbocycles. The third-order valence-corrected chi connectivity index (χ3v) is 3.39. The highest BCUT2D eigenvalue weighted by Gasteiger charge is 2.29. The van der Waals surface area contributed by atoms with Crippen LogP contribution in [0.1, 0.15) is 19.4 Å². The molecule has 1 aliphatic heterocycles. The Morgan fingerprint density at radius 1 is 1.40 bits per heavy atom. The van der Waals surface area contributed by atoms with E-state index in [1.807, 2.05) is 38.1 Å². The number of nitrogen functional groups attached to an aromatic ring is 1. The lowest BCUT2D eigenvalue weighted by Gasteiger charge is -2.32. The van der Waals surface area contributed by atoms with Crippen LogP contribution in [-0.4, -0.2) is 42.8 Å². The van der Waals surface area contributed by atoms with Crippen molar-refractivity contribution in [1.29, 1.82) is 0 Å². The van der Waals surface area contributed by atoms with Gasteiger partial charge in [0.1, 0.15) is 0 Å². The van der Waals surface area contributed by atoms with E-state index in [2.05, 4.69) is 0 Å². The van der Waals surface area contributed by atoms with Gasteiger partial charge in [-0.3, -0.25) is 4.79 Å². The van der Waals surface area contributed by atoms with Crippen LogP contribution in [0.4, 0.5) is 5.69 Å². The van der Waals surface area contributed by atoms with E-state index in [-0.39, 0.29) is 11.9 Å². The maximum absolute atomic E-state index is 12.5. The molecule has 1 amide bonds. The van der Waals surface area contributed by atoms with Crippen molar-refractivity contribution in [3.8, 4) is 0 Å². The molecule has 1 aromatic rings. The fourth-order valence-electron chi connectivity index (χ4n) is 2.19. The summed E-state index contributed by atoms with van der Waals surface area (Å²) in [6.07, 6.45) is -0.504. The van der Waals surface area contributed by atoms with Crippen LogP contribution < -0.4 is 5.73 Å². The Morgan fingerprint density at radius 3 is 2.75 bits per heavy atom. The average Bonchev–Trinajstić information content (AvgIpc) is 2.46. The molecule has 0 radical (unpaired) electrons. The Labute approximate surface area is 119 Å². The number of nitrogens with two attached hydrogens (primary N) is 1. The molecule has 0 spiro atoms. The van der Waals surface area contributed by atoms with Crippen molar-refractivity contribution >= 4 is 11.6 Å². The van der Waals surface area contributed by atoms with Crippen molar-refractivity contribution in [2.75, 3.05) is 25.6 Å². The maximum atomic E-state index is 12.5. The third kappa shape index (κ3) is 3.49. The van der Waals surface area contributed by atoms with E-state index in [1.54, 1.807) is 4.90 Å². The van der Waals surface area contributed by atoms with E-state index in [9.17, 15) is 4.79 Å². The Morgan fingerprint density at radius 2 is 2.15 bits per heavy atom. The van der Waals surface area contributed by atoms with Crippen LogP contribution in [0.25, 0.3) is 0 Å². The second-order valence-electron chi connectivity index (χ2n) is 5.19. The molecule has 0 bridgehead atoms. The van der Waals surface area contributed by atoms with Gasteiger partial charge in [-0.25, -0.2) is 0 Å². The highest BCUT2D eigenvalue weighted by molar-refractivity contribution is 5.81. The highest BCUT2D eigenvalue weighted by atomic mass is 16.6. The smallest absolute Gasteiger partial charge is 0.254 e. The predicted molar refractivity (Wildman–Crippen MR) is 77.1 cm³/mol. The Hall–Kier alpha value is -1.59. The van der Waals surface area contributed by atoms with Gasteiger partial charge in [-0.1, -0.05) is 18.2 Å². The predicted octanol–water partition coefficient (Wildman–Crippen LogP) is 1.42. The number of hydrogen-bond acceptors (Lipinski definition) is 4. The average molecular weight is 278 g/mol. The number of carbonyl (C=O) groups excluding carboxylic acids is 1. The fourth-order valence-corrected chi connectivity index (χ4v) is 2.19. The number of benzene rings is 1. The third-order valence-electron chi connectivity index (χ3n) is 3.39. The summed E-state index contributed by atoms with van der Waals surface area (Å²) >= 11 is 0. The lowest BCUT2D eigenvalue weighted by atomic mass is 10.1. The van der Waals surface area contributed by atoms with Gasteiger partial charge in [0.15, 0.2) is 6.10 Å². The standard InChI is InChI=1S/C15H22N2O3/c1-11(2)17(9-12-5-3-4-6-13(12)16)15(18)14-10-19-7-8-20-14/h3-6,11,14H,7-10,16H2,1-2H3. The summed E-state index contributed by atoms with van der Waals surface area (Å²) < 4.78 is 10.8. The van der Waals surface area contributed by atoms with Gasteiger partial charge in [0.25, 0.3) is 5.91 Å². The van der Waals surface area contributed by atoms with E-state index in [0.717, 1.165) is 5.56 Å². The van der Waals surface area contributed by atoms with Gasteiger partial charge in [0, 0.05) is 18.3 Å². The van der Waals surface area contributed by atoms with Gasteiger partial charge in [0.2, 0.25) is 0 Å². The molecule has 0 saturated carbocycles. The number of amides is 1. The summed E-state index contributed by atoms with van der Waals surface area (Å²) in [6.45, 7) is 5.81. The number of rotatable bonds is 4. The number of para-hydroxylation sites is 1. The van der Waals surface area contributed by atoms with Crippen LogP contribution in [0.2, 0.25) is 0 Å². The first-order valence-corrected chi connectivity index (χ1v) is 6.93. The summed E-state index contributed by atoms with van der Waals surface area (Å²) in [4.78, 5) is 14.3. The molecule has 5 nitrogen and oxygen atoms in total. The molecule has 1 aromatic carbocycles. The molecule has 1 fully saturated rings. The van der Waals surface area contributed by atoms with Crippen LogP contribution in [-0.2, 0) is 20.8 Å². The number of hydrogen-bond donors (Lipinski definition) is 1. The van der Waals surface area contributed by atoms with Crippen molar-refractivity contribution in [2.45, 2.75) is 32.5 Å². The summed E-state index contributed by atoms with van der Waals surface area (Å²) in [5.41, 5.74) is 7.60. The Bertz CT molecular complexity index is 456. The molecule has 1 saturated heterocycles. The van der Waals surface area contributed by atoms with Crippen molar-refractivity contribution < 1.29 is 14.3 Å². The number of ether oxygens (including phenoxy) is 2. The fraction of sp³-hybridized carbons (Fsp3) is 0.533. The van der Waals surface area contributed by atoms with E-state index in [0.29, 0.717) is 32.1 Å². The molecule has 5 heteroatoms. The molecule has 2 N–H and O–H groups in total. The second-order valence-corrected chi connectivity index (χ2v) is 5.19. The number of carbonyl (C=O) groups is 1. The van der Waals surface area contributed by atoms with E-state index >= 15 is 0 Å². The minimum absolute atomic E-state index is 0.0389. The molecule has 0 aromatic heterocycles. The van der Waals surface area contributed by atoms with Gasteiger partial charge < -0.3 is 20.1 Å². The highest BCUT2D eigenvalue weighted by Crippen LogP contribution is 2.17. The van der Waals surface area contributed by atoms with Gasteiger partial charge in [0.05, 0.1) is 19.8 Å². The van der Waals surface area contributed by atoms with Crippen molar-refractivity contribution in [2.24, 2.45) is 0 Å². The van der Waals surface area contributed by atoms with Gasteiger partial charge >= 0.3 is 0 Å². The molecule has 2 rings (SSSR count). The zero-order valence-corrected chi connectivity index (χ0v) is 12.0. The first kappa shape index (κ1) is 14.8. The summed E-state index contributed by atoms with van der Waals surface area (Å²) in [7, 11) is 0. The zero-order chi connectivity index (χ0) is 14.5. The molecular formula is C15H22N2O3. The topological polar surface area (TPSA) is 64.8 Å². The number of nitrogens with zero attached hydrogens (tertiary/aromatic N) is 1. The first-order chi connectivity index (χ1) is 9.59. The Kier molecular flexibility index (Phi) is 4.98. The quantitative estimate of drug-likeness (QED) is 0.846. The zero-order valence-electron chi connectivity index (χ0n) is 12.0. The largest absolute Gasteiger partial charge is 0.398 e. The van der Waals surface area contributed by atoms with E-state index < -0.39 is 6.10 Å². The van der Waals surface area contributed by atoms with Gasteiger partial charge in [-0.05, 0) is 25.5 Å². The lowest BCUT2D eigenvalue weighted by Crippen LogP contribution is -2.47. The molecule has 20 heavy (non-hydrogen) atoms. The minimum Gasteiger partial charge on any atom is -0.398 e. The SMILES string of the molecule is CC(C)N(Cc1ccccc1N)C(=O)C1COCCO1. The van der Waals surface area contributed by atoms with Gasteiger partial charge in [-0.15, -0.1) is 0 Å². The minimum atomic E-state index is -0.504. The van der Waals surface area contributed by atoms with Crippen LogP contribution in [0.3, 0.4) is 0 Å². The van der Waals surface area contributed by atoms with Crippen LogP contribution in [0.5, 0.6) is 0 Å². The summed E-state index contributed by atoms with van der Waals surface area (Å²) in [5, 5.41) is 0. The second kappa shape index (κ2) is 6.72.